The molecule has 2 amide bonds. The smallest absolute Gasteiger partial charge is 0.243 e. The molecule has 174 valence electrons. The summed E-state index contributed by atoms with van der Waals surface area (Å²) in [7, 11) is 0. The Morgan fingerprint density at radius 2 is 1.66 bits per heavy atom. The predicted octanol–water partition coefficient (Wildman–Crippen LogP) is 6.85. The molecule has 0 aliphatic carbocycles. The molecule has 0 aliphatic rings. The third-order valence-electron chi connectivity index (χ3n) is 4.82. The van der Waals surface area contributed by atoms with Gasteiger partial charge in [-0.25, -0.2) is 0 Å². The Kier molecular flexibility index (Phi) is 11.2. The standard InChI is InChI=1S/C24H29Cl3N2O2S/c1-4-22(24(31)28-16(2)3)29(15-19-20(26)7-5-8-21(19)27)23(30)9-6-14-32-18-12-10-17(25)11-13-18/h5,7-8,10-13,16,22H,4,6,9,14-15H2,1-3H3,(H,28,31)/t22-/m1/s1. The van der Waals surface area contributed by atoms with Gasteiger partial charge in [-0.1, -0.05) is 47.8 Å². The number of rotatable bonds is 11. The van der Waals surface area contributed by atoms with Gasteiger partial charge in [0.1, 0.15) is 6.04 Å². The van der Waals surface area contributed by atoms with Crippen LogP contribution in [0, 0.1) is 0 Å². The summed E-state index contributed by atoms with van der Waals surface area (Å²) in [6.07, 6.45) is 1.50. The van der Waals surface area contributed by atoms with Gasteiger partial charge < -0.3 is 10.2 Å². The molecule has 2 aromatic rings. The molecule has 0 unspecified atom stereocenters. The van der Waals surface area contributed by atoms with Crippen LogP contribution in [0.15, 0.2) is 47.4 Å². The molecule has 0 saturated carbocycles. The van der Waals surface area contributed by atoms with Crippen molar-refractivity contribution in [1.29, 1.82) is 0 Å². The highest BCUT2D eigenvalue weighted by molar-refractivity contribution is 7.99. The molecule has 0 radical (unpaired) electrons. The van der Waals surface area contributed by atoms with E-state index in [0.717, 1.165) is 10.6 Å². The Hall–Kier alpha value is -1.40. The lowest BCUT2D eigenvalue weighted by Gasteiger charge is -2.31. The predicted molar refractivity (Wildman–Crippen MR) is 136 cm³/mol. The van der Waals surface area contributed by atoms with E-state index in [4.69, 9.17) is 34.8 Å². The van der Waals surface area contributed by atoms with Gasteiger partial charge >= 0.3 is 0 Å². The number of halogens is 3. The van der Waals surface area contributed by atoms with E-state index in [-0.39, 0.29) is 24.4 Å². The fourth-order valence-electron chi connectivity index (χ4n) is 3.24. The Balaban J connectivity index is 2.12. The molecule has 0 aromatic heterocycles. The normalized spacial score (nSPS) is 12.0. The van der Waals surface area contributed by atoms with Gasteiger partial charge in [0, 0.05) is 44.5 Å². The maximum atomic E-state index is 13.2. The van der Waals surface area contributed by atoms with Crippen LogP contribution in [-0.2, 0) is 16.1 Å². The van der Waals surface area contributed by atoms with Gasteiger partial charge in [-0.3, -0.25) is 9.59 Å². The van der Waals surface area contributed by atoms with Gasteiger partial charge in [-0.05, 0) is 68.8 Å². The highest BCUT2D eigenvalue weighted by atomic mass is 35.5. The summed E-state index contributed by atoms with van der Waals surface area (Å²) in [4.78, 5) is 28.8. The van der Waals surface area contributed by atoms with Crippen LogP contribution in [0.5, 0.6) is 0 Å². The summed E-state index contributed by atoms with van der Waals surface area (Å²) in [6, 6.07) is 12.2. The number of nitrogens with one attached hydrogen (secondary N) is 1. The minimum Gasteiger partial charge on any atom is -0.352 e. The molecule has 4 nitrogen and oxygen atoms in total. The van der Waals surface area contributed by atoms with Crippen molar-refractivity contribution in [2.75, 3.05) is 5.75 Å². The van der Waals surface area contributed by atoms with Crippen LogP contribution in [0.1, 0.15) is 45.6 Å². The molecule has 0 heterocycles. The number of thioether (sulfide) groups is 1. The summed E-state index contributed by atoms with van der Waals surface area (Å²) in [5, 5.41) is 4.58. The van der Waals surface area contributed by atoms with E-state index in [2.05, 4.69) is 5.32 Å². The minimum atomic E-state index is -0.596. The van der Waals surface area contributed by atoms with Crippen LogP contribution in [0.3, 0.4) is 0 Å². The molecular weight excluding hydrogens is 487 g/mol. The fraction of sp³-hybridized carbons (Fsp3) is 0.417. The van der Waals surface area contributed by atoms with Gasteiger partial charge in [0.25, 0.3) is 0 Å². The van der Waals surface area contributed by atoms with Crippen LogP contribution < -0.4 is 5.32 Å². The Labute approximate surface area is 210 Å². The van der Waals surface area contributed by atoms with E-state index in [1.807, 2.05) is 45.0 Å². The summed E-state index contributed by atoms with van der Waals surface area (Å²) < 4.78 is 0. The number of amides is 2. The van der Waals surface area contributed by atoms with Crippen LogP contribution in [0.25, 0.3) is 0 Å². The zero-order valence-corrected chi connectivity index (χ0v) is 21.6. The average Bonchev–Trinajstić information content (AvgIpc) is 2.73. The zero-order valence-electron chi connectivity index (χ0n) is 18.5. The number of carbonyl (C=O) groups excluding carboxylic acids is 2. The summed E-state index contributed by atoms with van der Waals surface area (Å²) in [6.45, 7) is 5.88. The molecule has 0 saturated heterocycles. The first-order valence-electron chi connectivity index (χ1n) is 10.6. The molecular formula is C24H29Cl3N2O2S. The molecule has 0 fully saturated rings. The lowest BCUT2D eigenvalue weighted by molar-refractivity contribution is -0.141. The minimum absolute atomic E-state index is 0.0202. The number of benzene rings is 2. The van der Waals surface area contributed by atoms with Crippen LogP contribution in [0.2, 0.25) is 15.1 Å². The van der Waals surface area contributed by atoms with Gasteiger partial charge in [0.15, 0.2) is 0 Å². The van der Waals surface area contributed by atoms with Gasteiger partial charge in [-0.2, -0.15) is 0 Å². The summed E-state index contributed by atoms with van der Waals surface area (Å²) in [5.41, 5.74) is 0.649. The zero-order chi connectivity index (χ0) is 23.7. The van der Waals surface area contributed by atoms with Gasteiger partial charge in [0.05, 0.1) is 0 Å². The highest BCUT2D eigenvalue weighted by Crippen LogP contribution is 2.28. The number of carbonyl (C=O) groups is 2. The summed E-state index contributed by atoms with van der Waals surface area (Å²) >= 11 is 20.3. The second-order valence-corrected chi connectivity index (χ2v) is 10.1. The van der Waals surface area contributed by atoms with Crippen molar-refractivity contribution in [3.05, 3.63) is 63.1 Å². The van der Waals surface area contributed by atoms with Crippen molar-refractivity contribution in [2.24, 2.45) is 0 Å². The quantitative estimate of drug-likeness (QED) is 0.263. The molecule has 0 spiro atoms. The molecule has 2 rings (SSSR count). The number of hydrogen-bond acceptors (Lipinski definition) is 3. The van der Waals surface area contributed by atoms with Crippen molar-refractivity contribution in [2.45, 2.75) is 63.6 Å². The maximum absolute atomic E-state index is 13.2. The van der Waals surface area contributed by atoms with Crippen molar-refractivity contribution in [3.63, 3.8) is 0 Å². The Morgan fingerprint density at radius 1 is 1.03 bits per heavy atom. The van der Waals surface area contributed by atoms with E-state index >= 15 is 0 Å². The van der Waals surface area contributed by atoms with Crippen LogP contribution >= 0.6 is 46.6 Å². The van der Waals surface area contributed by atoms with E-state index in [1.165, 1.54) is 0 Å². The lowest BCUT2D eigenvalue weighted by atomic mass is 10.1. The van der Waals surface area contributed by atoms with E-state index in [1.54, 1.807) is 34.9 Å². The van der Waals surface area contributed by atoms with Crippen molar-refractivity contribution < 1.29 is 9.59 Å². The fourth-order valence-corrected chi connectivity index (χ4v) is 4.74. The Bertz CT molecular complexity index is 886. The maximum Gasteiger partial charge on any atom is 0.243 e. The SMILES string of the molecule is CC[C@H](C(=O)NC(C)C)N(Cc1c(Cl)cccc1Cl)C(=O)CCCSc1ccc(Cl)cc1. The third-order valence-corrected chi connectivity index (χ3v) is 6.88. The molecule has 1 N–H and O–H groups in total. The largest absolute Gasteiger partial charge is 0.352 e. The van der Waals surface area contributed by atoms with Crippen molar-refractivity contribution in [1.82, 2.24) is 10.2 Å². The van der Waals surface area contributed by atoms with Gasteiger partial charge in [0.2, 0.25) is 11.8 Å². The second-order valence-electron chi connectivity index (χ2n) is 7.72. The number of hydrogen-bond donors (Lipinski definition) is 1. The van der Waals surface area contributed by atoms with Gasteiger partial charge in [-0.15, -0.1) is 11.8 Å². The lowest BCUT2D eigenvalue weighted by Crippen LogP contribution is -2.50. The van der Waals surface area contributed by atoms with Crippen LogP contribution in [0.4, 0.5) is 0 Å². The second kappa shape index (κ2) is 13.3. The monoisotopic (exact) mass is 514 g/mol. The molecule has 2 aromatic carbocycles. The molecule has 0 bridgehead atoms. The van der Waals surface area contributed by atoms with Crippen molar-refractivity contribution in [3.8, 4) is 0 Å². The highest BCUT2D eigenvalue weighted by Gasteiger charge is 2.29. The first-order valence-corrected chi connectivity index (χ1v) is 12.8. The third kappa shape index (κ3) is 8.18. The summed E-state index contributed by atoms with van der Waals surface area (Å²) in [5.74, 6) is 0.515. The van der Waals surface area contributed by atoms with E-state index in [9.17, 15) is 9.59 Å². The molecule has 32 heavy (non-hydrogen) atoms. The molecule has 0 aliphatic heterocycles. The average molecular weight is 516 g/mol. The van der Waals surface area contributed by atoms with Crippen LogP contribution in [-0.4, -0.2) is 34.6 Å². The molecule has 1 atom stereocenters. The Morgan fingerprint density at radius 3 is 2.22 bits per heavy atom. The molecule has 8 heteroatoms. The first kappa shape index (κ1) is 26.8. The van der Waals surface area contributed by atoms with E-state index in [0.29, 0.717) is 39.9 Å². The van der Waals surface area contributed by atoms with Crippen molar-refractivity contribution >= 4 is 58.4 Å². The number of nitrogens with zero attached hydrogens (tertiary/aromatic N) is 1. The van der Waals surface area contributed by atoms with E-state index < -0.39 is 6.04 Å². The first-order chi connectivity index (χ1) is 15.2. The topological polar surface area (TPSA) is 49.4 Å².